The standard InChI is InChI=1S/C23H25N5O2/c29-23(25-16-17-8-9-24-22(14-17)27-10-12-30-13-11-27)21-15-20(18-6-7-18)26-28(21)19-4-2-1-3-5-19/h1-5,8-9,14-15,18H,6-7,10-13,16H2,(H,25,29). The molecule has 1 aliphatic carbocycles. The second kappa shape index (κ2) is 8.28. The number of morpholine rings is 1. The lowest BCUT2D eigenvalue weighted by Gasteiger charge is -2.28. The highest BCUT2D eigenvalue weighted by atomic mass is 16.5. The SMILES string of the molecule is O=C(NCc1ccnc(N2CCOCC2)c1)c1cc(C2CC2)nn1-c1ccccc1. The van der Waals surface area contributed by atoms with Crippen LogP contribution in [0.1, 0.15) is 40.5 Å². The Labute approximate surface area is 175 Å². The molecule has 2 fully saturated rings. The van der Waals surface area contributed by atoms with Crippen LogP contribution in [-0.2, 0) is 11.3 Å². The molecule has 0 atom stereocenters. The fourth-order valence-corrected chi connectivity index (χ4v) is 3.71. The number of hydrogen-bond acceptors (Lipinski definition) is 5. The Kier molecular flexibility index (Phi) is 5.19. The topological polar surface area (TPSA) is 72.3 Å². The first-order chi connectivity index (χ1) is 14.8. The van der Waals surface area contributed by atoms with Crippen LogP contribution in [0.5, 0.6) is 0 Å². The molecule has 2 aromatic heterocycles. The van der Waals surface area contributed by atoms with Gasteiger partial charge in [0, 0.05) is 31.7 Å². The third kappa shape index (κ3) is 4.07. The highest BCUT2D eigenvalue weighted by Gasteiger charge is 2.29. The minimum absolute atomic E-state index is 0.122. The second-order valence-corrected chi connectivity index (χ2v) is 7.78. The first-order valence-electron chi connectivity index (χ1n) is 10.5. The van der Waals surface area contributed by atoms with Crippen LogP contribution in [0.2, 0.25) is 0 Å². The average molecular weight is 403 g/mol. The third-order valence-corrected chi connectivity index (χ3v) is 5.56. The summed E-state index contributed by atoms with van der Waals surface area (Å²) in [7, 11) is 0. The molecule has 7 heteroatoms. The van der Waals surface area contributed by atoms with Crippen LogP contribution in [0, 0.1) is 0 Å². The van der Waals surface area contributed by atoms with Gasteiger partial charge in [0.25, 0.3) is 5.91 Å². The molecule has 1 aliphatic heterocycles. The summed E-state index contributed by atoms with van der Waals surface area (Å²) in [5.74, 6) is 1.29. The molecular weight excluding hydrogens is 378 g/mol. The van der Waals surface area contributed by atoms with Gasteiger partial charge in [0.05, 0.1) is 24.6 Å². The number of amides is 1. The maximum Gasteiger partial charge on any atom is 0.270 e. The number of benzene rings is 1. The van der Waals surface area contributed by atoms with E-state index in [4.69, 9.17) is 9.84 Å². The summed E-state index contributed by atoms with van der Waals surface area (Å²) in [6.45, 7) is 3.55. The molecule has 30 heavy (non-hydrogen) atoms. The highest BCUT2D eigenvalue weighted by molar-refractivity contribution is 5.93. The van der Waals surface area contributed by atoms with Crippen molar-refractivity contribution in [3.8, 4) is 5.69 Å². The first kappa shape index (κ1) is 18.8. The van der Waals surface area contributed by atoms with Gasteiger partial charge in [0.1, 0.15) is 11.5 Å². The van der Waals surface area contributed by atoms with Gasteiger partial charge in [-0.05, 0) is 48.7 Å². The van der Waals surface area contributed by atoms with Crippen LogP contribution in [0.15, 0.2) is 54.7 Å². The van der Waals surface area contributed by atoms with Gasteiger partial charge in [-0.3, -0.25) is 4.79 Å². The molecule has 1 saturated carbocycles. The van der Waals surface area contributed by atoms with Gasteiger partial charge in [-0.2, -0.15) is 5.10 Å². The Morgan fingerprint density at radius 2 is 1.90 bits per heavy atom. The monoisotopic (exact) mass is 403 g/mol. The summed E-state index contributed by atoms with van der Waals surface area (Å²) in [5.41, 5.74) is 3.49. The lowest BCUT2D eigenvalue weighted by Crippen LogP contribution is -2.36. The van der Waals surface area contributed by atoms with E-state index in [0.29, 0.717) is 18.2 Å². The van der Waals surface area contributed by atoms with Crippen molar-refractivity contribution in [2.24, 2.45) is 0 Å². The van der Waals surface area contributed by atoms with E-state index in [9.17, 15) is 4.79 Å². The predicted molar refractivity (Wildman–Crippen MR) is 114 cm³/mol. The fraction of sp³-hybridized carbons (Fsp3) is 0.348. The van der Waals surface area contributed by atoms with Gasteiger partial charge < -0.3 is 15.0 Å². The third-order valence-electron chi connectivity index (χ3n) is 5.56. The zero-order chi connectivity index (χ0) is 20.3. The number of rotatable bonds is 6. The predicted octanol–water partition coefficient (Wildman–Crippen LogP) is 2.91. The number of anilines is 1. The largest absolute Gasteiger partial charge is 0.378 e. The maximum atomic E-state index is 13.0. The Morgan fingerprint density at radius 3 is 2.67 bits per heavy atom. The van der Waals surface area contributed by atoms with Gasteiger partial charge in [0.15, 0.2) is 0 Å². The van der Waals surface area contributed by atoms with E-state index in [-0.39, 0.29) is 5.91 Å². The van der Waals surface area contributed by atoms with E-state index in [1.54, 1.807) is 10.9 Å². The normalized spacial score (nSPS) is 16.5. The van der Waals surface area contributed by atoms with E-state index in [1.807, 2.05) is 48.5 Å². The Hall–Kier alpha value is -3.19. The number of pyridine rings is 1. The minimum atomic E-state index is -0.122. The molecular formula is C23H25N5O2. The molecule has 0 spiro atoms. The van der Waals surface area contributed by atoms with Crippen molar-refractivity contribution in [2.45, 2.75) is 25.3 Å². The van der Waals surface area contributed by atoms with Crippen LogP contribution in [-0.4, -0.2) is 47.0 Å². The summed E-state index contributed by atoms with van der Waals surface area (Å²) in [6, 6.07) is 15.7. The zero-order valence-corrected chi connectivity index (χ0v) is 16.8. The van der Waals surface area contributed by atoms with Crippen LogP contribution in [0.25, 0.3) is 5.69 Å². The summed E-state index contributed by atoms with van der Waals surface area (Å²) in [5, 5.41) is 7.78. The molecule has 0 radical (unpaired) electrons. The highest BCUT2D eigenvalue weighted by Crippen LogP contribution is 2.39. The van der Waals surface area contributed by atoms with Crippen LogP contribution in [0.4, 0.5) is 5.82 Å². The summed E-state index contributed by atoms with van der Waals surface area (Å²) >= 11 is 0. The van der Waals surface area contributed by atoms with Gasteiger partial charge in [0.2, 0.25) is 0 Å². The van der Waals surface area contributed by atoms with E-state index < -0.39 is 0 Å². The van der Waals surface area contributed by atoms with Gasteiger partial charge in [-0.15, -0.1) is 0 Å². The summed E-state index contributed by atoms with van der Waals surface area (Å²) in [6.07, 6.45) is 4.09. The fourth-order valence-electron chi connectivity index (χ4n) is 3.71. The van der Waals surface area contributed by atoms with Crippen molar-refractivity contribution in [3.05, 3.63) is 71.7 Å². The number of nitrogens with zero attached hydrogens (tertiary/aromatic N) is 4. The molecule has 1 N–H and O–H groups in total. The van der Waals surface area contributed by atoms with Crippen molar-refractivity contribution in [3.63, 3.8) is 0 Å². The maximum absolute atomic E-state index is 13.0. The van der Waals surface area contributed by atoms with Gasteiger partial charge in [-0.25, -0.2) is 9.67 Å². The minimum Gasteiger partial charge on any atom is -0.378 e. The molecule has 1 aromatic carbocycles. The van der Waals surface area contributed by atoms with Gasteiger partial charge in [-0.1, -0.05) is 18.2 Å². The van der Waals surface area contributed by atoms with E-state index in [0.717, 1.165) is 61.9 Å². The number of carbonyl (C=O) groups excluding carboxylic acids is 1. The van der Waals surface area contributed by atoms with Crippen molar-refractivity contribution in [2.75, 3.05) is 31.2 Å². The molecule has 7 nitrogen and oxygen atoms in total. The zero-order valence-electron chi connectivity index (χ0n) is 16.8. The molecule has 3 aromatic rings. The molecule has 154 valence electrons. The van der Waals surface area contributed by atoms with E-state index in [2.05, 4.69) is 15.2 Å². The lowest BCUT2D eigenvalue weighted by atomic mass is 10.2. The summed E-state index contributed by atoms with van der Waals surface area (Å²) in [4.78, 5) is 19.7. The lowest BCUT2D eigenvalue weighted by molar-refractivity contribution is 0.0943. The number of carbonyl (C=O) groups is 1. The number of ether oxygens (including phenoxy) is 1. The average Bonchev–Trinajstić information content (AvgIpc) is 3.57. The molecule has 3 heterocycles. The molecule has 2 aliphatic rings. The number of para-hydroxylation sites is 1. The quantitative estimate of drug-likeness (QED) is 0.685. The van der Waals surface area contributed by atoms with E-state index in [1.165, 1.54) is 0 Å². The van der Waals surface area contributed by atoms with Crippen LogP contribution in [0.3, 0.4) is 0 Å². The van der Waals surface area contributed by atoms with Crippen molar-refractivity contribution < 1.29 is 9.53 Å². The molecule has 0 bridgehead atoms. The number of aromatic nitrogens is 3. The van der Waals surface area contributed by atoms with Crippen molar-refractivity contribution >= 4 is 11.7 Å². The van der Waals surface area contributed by atoms with Crippen LogP contribution >= 0.6 is 0 Å². The van der Waals surface area contributed by atoms with Gasteiger partial charge >= 0.3 is 0 Å². The van der Waals surface area contributed by atoms with E-state index >= 15 is 0 Å². The smallest absolute Gasteiger partial charge is 0.270 e. The molecule has 1 saturated heterocycles. The second-order valence-electron chi connectivity index (χ2n) is 7.78. The Bertz CT molecular complexity index is 1020. The Balaban J connectivity index is 1.32. The first-order valence-corrected chi connectivity index (χ1v) is 10.5. The number of hydrogen-bond donors (Lipinski definition) is 1. The molecule has 1 amide bonds. The van der Waals surface area contributed by atoms with Crippen molar-refractivity contribution in [1.29, 1.82) is 0 Å². The summed E-state index contributed by atoms with van der Waals surface area (Å²) < 4.78 is 7.17. The molecule has 0 unspecified atom stereocenters. The number of nitrogens with one attached hydrogen (secondary N) is 1. The van der Waals surface area contributed by atoms with Crippen molar-refractivity contribution in [1.82, 2.24) is 20.1 Å². The molecule has 5 rings (SSSR count). The van der Waals surface area contributed by atoms with Crippen LogP contribution < -0.4 is 10.2 Å². The Morgan fingerprint density at radius 1 is 1.10 bits per heavy atom.